The van der Waals surface area contributed by atoms with Gasteiger partial charge in [0, 0.05) is 54.4 Å². The van der Waals surface area contributed by atoms with Gasteiger partial charge in [0.15, 0.2) is 5.78 Å². The molecule has 1 aromatic carbocycles. The summed E-state index contributed by atoms with van der Waals surface area (Å²) in [5, 5.41) is 6.20. The summed E-state index contributed by atoms with van der Waals surface area (Å²) < 4.78 is 1.76. The summed E-state index contributed by atoms with van der Waals surface area (Å²) in [6, 6.07) is 12.0. The van der Waals surface area contributed by atoms with Crippen LogP contribution in [0, 0.1) is 0 Å². The van der Waals surface area contributed by atoms with Crippen LogP contribution in [0.4, 0.5) is 0 Å². The van der Waals surface area contributed by atoms with E-state index in [1.165, 1.54) is 18.4 Å². The summed E-state index contributed by atoms with van der Waals surface area (Å²) >= 11 is 0. The van der Waals surface area contributed by atoms with Gasteiger partial charge in [-0.15, -0.1) is 0 Å². The van der Waals surface area contributed by atoms with Gasteiger partial charge in [0.25, 0.3) is 0 Å². The van der Waals surface area contributed by atoms with Crippen LogP contribution in [-0.2, 0) is 20.0 Å². The summed E-state index contributed by atoms with van der Waals surface area (Å²) in [7, 11) is 1.89. The third kappa shape index (κ3) is 4.39. The van der Waals surface area contributed by atoms with E-state index in [0.29, 0.717) is 0 Å². The summed E-state index contributed by atoms with van der Waals surface area (Å²) in [4.78, 5) is 24.4. The number of Topliss-reactive ketones (excluding diaryl/α,β-unsaturated/α-hetero) is 1. The first-order chi connectivity index (χ1) is 15.1. The van der Waals surface area contributed by atoms with Crippen LogP contribution >= 0.6 is 0 Å². The first kappa shape index (κ1) is 19.6. The van der Waals surface area contributed by atoms with E-state index in [1.54, 1.807) is 17.1 Å². The Morgan fingerprint density at radius 3 is 2.65 bits per heavy atom. The molecular formula is C25H25N5O. The van der Waals surface area contributed by atoms with Crippen molar-refractivity contribution >= 4 is 16.6 Å². The SMILES string of the molecule is Cn1cc(-c2cc3cc(CC(=O)c4cccc(CN5CCCC5)c4)ncc3cn2)cn1. The van der Waals surface area contributed by atoms with Gasteiger partial charge in [-0.2, -0.15) is 5.10 Å². The standard InChI is InChI=1S/C25H25N5O/c1-29-17-22(15-28-29)24-11-20-10-23(26-13-21(20)14-27-24)12-25(31)19-6-4-5-18(9-19)16-30-7-2-3-8-30/h4-6,9-11,13-15,17H,2-3,7-8,12,16H2,1H3. The second-order valence-corrected chi connectivity index (χ2v) is 8.28. The third-order valence-corrected chi connectivity index (χ3v) is 5.86. The van der Waals surface area contributed by atoms with Crippen LogP contribution in [0.15, 0.2) is 61.2 Å². The number of carbonyl (C=O) groups is 1. The number of benzene rings is 1. The van der Waals surface area contributed by atoms with E-state index in [1.807, 2.05) is 49.8 Å². The number of fused-ring (bicyclic) bond motifs is 1. The quantitative estimate of drug-likeness (QED) is 0.448. The minimum absolute atomic E-state index is 0.0941. The smallest absolute Gasteiger partial charge is 0.168 e. The Kier molecular flexibility index (Phi) is 5.30. The maximum atomic E-state index is 13.0. The molecule has 0 N–H and O–H groups in total. The number of ketones is 1. The van der Waals surface area contributed by atoms with Gasteiger partial charge in [-0.25, -0.2) is 0 Å². The molecule has 1 aliphatic rings. The zero-order chi connectivity index (χ0) is 21.2. The van der Waals surface area contributed by atoms with E-state index in [4.69, 9.17) is 0 Å². The normalized spacial score (nSPS) is 14.4. The first-order valence-electron chi connectivity index (χ1n) is 10.7. The van der Waals surface area contributed by atoms with E-state index >= 15 is 0 Å². The van der Waals surface area contributed by atoms with E-state index in [0.717, 1.165) is 52.9 Å². The number of rotatable bonds is 6. The Hall–Kier alpha value is -3.38. The largest absolute Gasteiger partial charge is 0.299 e. The number of pyridine rings is 2. The van der Waals surface area contributed by atoms with Crippen molar-refractivity contribution in [3.05, 3.63) is 78.0 Å². The number of hydrogen-bond acceptors (Lipinski definition) is 5. The molecule has 0 radical (unpaired) electrons. The van der Waals surface area contributed by atoms with E-state index < -0.39 is 0 Å². The molecule has 1 aliphatic heterocycles. The van der Waals surface area contributed by atoms with E-state index in [9.17, 15) is 4.79 Å². The Morgan fingerprint density at radius 1 is 1.00 bits per heavy atom. The van der Waals surface area contributed by atoms with Gasteiger partial charge in [0.1, 0.15) is 0 Å². The van der Waals surface area contributed by atoms with Crippen molar-refractivity contribution in [2.75, 3.05) is 13.1 Å². The van der Waals surface area contributed by atoms with Crippen molar-refractivity contribution in [3.8, 4) is 11.3 Å². The van der Waals surface area contributed by atoms with Gasteiger partial charge in [0.05, 0.1) is 18.3 Å². The number of likely N-dealkylation sites (tertiary alicyclic amines) is 1. The van der Waals surface area contributed by atoms with E-state index in [-0.39, 0.29) is 12.2 Å². The molecule has 6 nitrogen and oxygen atoms in total. The molecule has 1 fully saturated rings. The molecule has 1 saturated heterocycles. The number of aromatic nitrogens is 4. The summed E-state index contributed by atoms with van der Waals surface area (Å²) in [6.07, 6.45) is 10.2. The van der Waals surface area contributed by atoms with Gasteiger partial charge in [-0.05, 0) is 55.1 Å². The Morgan fingerprint density at radius 2 is 1.84 bits per heavy atom. The van der Waals surface area contributed by atoms with Crippen LogP contribution in [-0.4, -0.2) is 43.5 Å². The molecule has 156 valence electrons. The maximum Gasteiger partial charge on any atom is 0.168 e. The lowest BCUT2D eigenvalue weighted by Crippen LogP contribution is -2.18. The molecule has 0 unspecified atom stereocenters. The van der Waals surface area contributed by atoms with Gasteiger partial charge in [-0.1, -0.05) is 18.2 Å². The van der Waals surface area contributed by atoms with Crippen LogP contribution in [0.5, 0.6) is 0 Å². The predicted octanol–water partition coefficient (Wildman–Crippen LogP) is 4.05. The zero-order valence-corrected chi connectivity index (χ0v) is 17.7. The molecule has 3 aromatic heterocycles. The fraction of sp³-hybridized carbons (Fsp3) is 0.280. The molecule has 0 aliphatic carbocycles. The van der Waals surface area contributed by atoms with Crippen molar-refractivity contribution in [2.24, 2.45) is 7.05 Å². The van der Waals surface area contributed by atoms with Crippen molar-refractivity contribution < 1.29 is 4.79 Å². The topological polar surface area (TPSA) is 63.9 Å². The maximum absolute atomic E-state index is 13.0. The molecular weight excluding hydrogens is 386 g/mol. The summed E-state index contributed by atoms with van der Waals surface area (Å²) in [6.45, 7) is 3.21. The monoisotopic (exact) mass is 411 g/mol. The summed E-state index contributed by atoms with van der Waals surface area (Å²) in [5.74, 6) is 0.0941. The molecule has 6 heteroatoms. The number of hydrogen-bond donors (Lipinski definition) is 0. The molecule has 4 heterocycles. The lowest BCUT2D eigenvalue weighted by molar-refractivity contribution is 0.0992. The summed E-state index contributed by atoms with van der Waals surface area (Å²) in [5.41, 5.74) is 4.55. The highest BCUT2D eigenvalue weighted by molar-refractivity contribution is 5.98. The minimum atomic E-state index is 0.0941. The highest BCUT2D eigenvalue weighted by Gasteiger charge is 2.14. The van der Waals surface area contributed by atoms with Crippen molar-refractivity contribution in [2.45, 2.75) is 25.8 Å². The lowest BCUT2D eigenvalue weighted by Gasteiger charge is -2.15. The van der Waals surface area contributed by atoms with Crippen molar-refractivity contribution in [1.82, 2.24) is 24.6 Å². The van der Waals surface area contributed by atoms with Crippen molar-refractivity contribution in [3.63, 3.8) is 0 Å². The minimum Gasteiger partial charge on any atom is -0.299 e. The fourth-order valence-corrected chi connectivity index (χ4v) is 4.20. The average molecular weight is 412 g/mol. The highest BCUT2D eigenvalue weighted by Crippen LogP contribution is 2.22. The Balaban J connectivity index is 1.35. The van der Waals surface area contributed by atoms with Gasteiger partial charge < -0.3 is 0 Å². The van der Waals surface area contributed by atoms with Gasteiger partial charge >= 0.3 is 0 Å². The zero-order valence-electron chi connectivity index (χ0n) is 17.7. The van der Waals surface area contributed by atoms with Crippen LogP contribution < -0.4 is 0 Å². The van der Waals surface area contributed by atoms with E-state index in [2.05, 4.69) is 26.0 Å². The molecule has 5 rings (SSSR count). The molecule has 0 amide bonds. The average Bonchev–Trinajstić information content (AvgIpc) is 3.45. The number of carbonyl (C=O) groups excluding carboxylic acids is 1. The highest BCUT2D eigenvalue weighted by atomic mass is 16.1. The van der Waals surface area contributed by atoms with Crippen LogP contribution in [0.3, 0.4) is 0 Å². The Labute approximate surface area is 181 Å². The first-order valence-corrected chi connectivity index (χ1v) is 10.7. The second-order valence-electron chi connectivity index (χ2n) is 8.28. The molecule has 0 saturated carbocycles. The molecule has 0 bridgehead atoms. The predicted molar refractivity (Wildman–Crippen MR) is 121 cm³/mol. The third-order valence-electron chi connectivity index (χ3n) is 5.86. The Bertz CT molecular complexity index is 1240. The van der Waals surface area contributed by atoms with Crippen LogP contribution in [0.1, 0.15) is 34.5 Å². The fourth-order valence-electron chi connectivity index (χ4n) is 4.20. The number of aryl methyl sites for hydroxylation is 1. The van der Waals surface area contributed by atoms with Gasteiger partial charge in [0.2, 0.25) is 0 Å². The molecule has 31 heavy (non-hydrogen) atoms. The van der Waals surface area contributed by atoms with Crippen LogP contribution in [0.2, 0.25) is 0 Å². The van der Waals surface area contributed by atoms with Crippen molar-refractivity contribution in [1.29, 1.82) is 0 Å². The molecule has 4 aromatic rings. The molecule has 0 spiro atoms. The lowest BCUT2D eigenvalue weighted by atomic mass is 10.0. The molecule has 0 atom stereocenters. The van der Waals surface area contributed by atoms with Crippen LogP contribution in [0.25, 0.3) is 22.0 Å². The number of nitrogens with zero attached hydrogens (tertiary/aromatic N) is 5. The second kappa shape index (κ2) is 8.40. The van der Waals surface area contributed by atoms with Gasteiger partial charge in [-0.3, -0.25) is 24.3 Å².